The molecule has 1 aliphatic rings. The van der Waals surface area contributed by atoms with Gasteiger partial charge in [-0.15, -0.1) is 0 Å². The predicted molar refractivity (Wildman–Crippen MR) is 140 cm³/mol. The molecule has 1 fully saturated rings. The highest BCUT2D eigenvalue weighted by atomic mass is 31.2. The fraction of sp³-hybridized carbons (Fsp3) is 0.680. The summed E-state index contributed by atoms with van der Waals surface area (Å²) in [6.07, 6.45) is 11.5. The first-order valence-corrected chi connectivity index (χ1v) is 13.2. The molecule has 0 radical (unpaired) electrons. The van der Waals surface area contributed by atoms with E-state index in [-0.39, 0.29) is 5.76 Å². The molecule has 0 aliphatic heterocycles. The van der Waals surface area contributed by atoms with Crippen molar-refractivity contribution < 1.29 is 23.6 Å². The Kier molecular flexibility index (Phi) is 19.4. The number of allylic oxidation sites excluding steroid dienone is 1. The van der Waals surface area contributed by atoms with Gasteiger partial charge in [-0.2, -0.15) is 0 Å². The number of aliphatic hydroxyl groups is 1. The lowest BCUT2D eigenvalue weighted by Crippen LogP contribution is -2.19. The van der Waals surface area contributed by atoms with Gasteiger partial charge in [0.25, 0.3) is 0 Å². The molecule has 2 atom stereocenters. The van der Waals surface area contributed by atoms with Gasteiger partial charge in [0, 0.05) is 25.5 Å². The summed E-state index contributed by atoms with van der Waals surface area (Å²) in [5.41, 5.74) is 6.55. The molecule has 7 nitrogen and oxygen atoms in total. The minimum absolute atomic E-state index is 0.163. The molecule has 0 saturated heterocycles. The van der Waals surface area contributed by atoms with Crippen molar-refractivity contribution in [3.8, 4) is 0 Å². The Bertz CT molecular complexity index is 645. The zero-order valence-corrected chi connectivity index (χ0v) is 22.5. The number of hydrogen-bond acceptors (Lipinski definition) is 6. The zero-order valence-electron chi connectivity index (χ0n) is 21.6. The summed E-state index contributed by atoms with van der Waals surface area (Å²) in [6, 6.07) is 1.96. The first-order chi connectivity index (χ1) is 15.9. The maximum Gasteiger partial charge on any atom is 0.198 e. The van der Waals surface area contributed by atoms with Crippen LogP contribution in [0.3, 0.4) is 0 Å². The van der Waals surface area contributed by atoms with Gasteiger partial charge in [-0.1, -0.05) is 26.3 Å². The third-order valence-electron chi connectivity index (χ3n) is 5.24. The molecule has 1 aliphatic carbocycles. The van der Waals surface area contributed by atoms with E-state index in [1.54, 1.807) is 6.08 Å². The van der Waals surface area contributed by atoms with Crippen LogP contribution in [0.5, 0.6) is 0 Å². The highest BCUT2D eigenvalue weighted by Crippen LogP contribution is 2.37. The van der Waals surface area contributed by atoms with E-state index in [2.05, 4.69) is 23.8 Å². The molecule has 192 valence electrons. The van der Waals surface area contributed by atoms with Gasteiger partial charge < -0.3 is 33.9 Å². The van der Waals surface area contributed by atoms with E-state index in [0.29, 0.717) is 32.3 Å². The predicted octanol–water partition coefficient (Wildman–Crippen LogP) is 6.03. The van der Waals surface area contributed by atoms with Gasteiger partial charge in [-0.25, -0.2) is 0 Å². The highest BCUT2D eigenvalue weighted by molar-refractivity contribution is 7.47. The topological polar surface area (TPSA) is 88.1 Å². The molecule has 3 N–H and O–H groups in total. The number of nitrogens with zero attached hydrogens (tertiary/aromatic N) is 1. The maximum absolute atomic E-state index is 9.50. The second kappa shape index (κ2) is 20.2. The van der Waals surface area contributed by atoms with Crippen LogP contribution < -0.4 is 5.73 Å². The van der Waals surface area contributed by atoms with Crippen molar-refractivity contribution in [1.82, 2.24) is 4.57 Å². The largest absolute Gasteiger partial charge is 0.508 e. The summed E-state index contributed by atoms with van der Waals surface area (Å²) < 4.78 is 24.0. The van der Waals surface area contributed by atoms with Crippen LogP contribution in [0, 0.1) is 12.8 Å². The van der Waals surface area contributed by atoms with Gasteiger partial charge in [-0.3, -0.25) is 0 Å². The zero-order chi connectivity index (χ0) is 25.1. The van der Waals surface area contributed by atoms with Crippen LogP contribution in [0.2, 0.25) is 0 Å². The van der Waals surface area contributed by atoms with Crippen molar-refractivity contribution in [2.75, 3.05) is 40.3 Å². The minimum atomic E-state index is -0.943. The fourth-order valence-corrected chi connectivity index (χ4v) is 4.55. The maximum atomic E-state index is 9.50. The molecule has 2 unspecified atom stereocenters. The minimum Gasteiger partial charge on any atom is -0.508 e. The number of hydrogen-bond donors (Lipinski definition) is 2. The number of ether oxygens (including phenoxy) is 2. The smallest absolute Gasteiger partial charge is 0.198 e. The molecule has 1 heterocycles. The molecule has 0 amide bonds. The second-order valence-corrected chi connectivity index (χ2v) is 9.10. The quantitative estimate of drug-likeness (QED) is 0.162. The number of aromatic nitrogens is 1. The van der Waals surface area contributed by atoms with Crippen LogP contribution in [0.15, 0.2) is 30.7 Å². The van der Waals surface area contributed by atoms with Gasteiger partial charge in [0.2, 0.25) is 0 Å². The van der Waals surface area contributed by atoms with Gasteiger partial charge in [-0.05, 0) is 70.4 Å². The Balaban J connectivity index is 0.000000770. The van der Waals surface area contributed by atoms with Gasteiger partial charge in [0.1, 0.15) is 12.1 Å². The van der Waals surface area contributed by atoms with Crippen LogP contribution in [0.1, 0.15) is 57.7 Å². The van der Waals surface area contributed by atoms with Crippen molar-refractivity contribution >= 4 is 14.5 Å². The molecule has 1 aromatic heterocycles. The number of aliphatic hydroxyl groups excluding tert-OH is 1. The Morgan fingerprint density at radius 3 is 2.45 bits per heavy atom. The van der Waals surface area contributed by atoms with Crippen LogP contribution in [0.4, 0.5) is 0 Å². The number of nitrogens with two attached hydrogens (primary N) is 1. The van der Waals surface area contributed by atoms with Crippen LogP contribution in [-0.2, 0) is 25.1 Å². The summed E-state index contributed by atoms with van der Waals surface area (Å²) >= 11 is 0. The Morgan fingerprint density at radius 2 is 1.94 bits per heavy atom. The standard InChI is InChI=1S/C16H26NO4P.C8H16O.CH5N/c1-5-16(18)12-15-8-9-17(14(15)4)10-11-19-13-22(20-6-2)21-7-3;1-7-4-3-5-8(6-7)9-2;1-2/h5,8-9,12,18H,1,6-7,10-11,13H2,2-4H3;7-8H,3-6H2,1-2H3;2H2,1H3/b16-12+;;. The average Bonchev–Trinajstić information content (AvgIpc) is 3.17. The SMILES string of the molecule is C=C/C(O)=C\c1ccn(CCOCP(OCC)OCC)c1C.CN.COC1CCCC(C)C1. The monoisotopic (exact) mass is 486 g/mol. The molecule has 0 aromatic carbocycles. The average molecular weight is 487 g/mol. The van der Waals surface area contributed by atoms with Crippen LogP contribution in [0.25, 0.3) is 6.08 Å². The summed E-state index contributed by atoms with van der Waals surface area (Å²) in [6.45, 7) is 14.4. The van der Waals surface area contributed by atoms with E-state index in [0.717, 1.165) is 23.7 Å². The third-order valence-corrected chi connectivity index (χ3v) is 6.72. The molecule has 1 aromatic rings. The van der Waals surface area contributed by atoms with E-state index in [9.17, 15) is 5.11 Å². The van der Waals surface area contributed by atoms with Crippen molar-refractivity contribution in [2.45, 2.75) is 66.0 Å². The number of methoxy groups -OCH3 is 1. The van der Waals surface area contributed by atoms with E-state index in [1.807, 2.05) is 40.1 Å². The summed E-state index contributed by atoms with van der Waals surface area (Å²) in [4.78, 5) is 0. The molecule has 8 heteroatoms. The fourth-order valence-electron chi connectivity index (χ4n) is 3.48. The first-order valence-electron chi connectivity index (χ1n) is 11.8. The molecule has 33 heavy (non-hydrogen) atoms. The Hall–Kier alpha value is -1.21. The molecular weight excluding hydrogens is 439 g/mol. The molecular formula is C25H47N2O5P. The summed E-state index contributed by atoms with van der Waals surface area (Å²) in [5.74, 6) is 1.06. The van der Waals surface area contributed by atoms with Crippen molar-refractivity contribution in [2.24, 2.45) is 11.7 Å². The third kappa shape index (κ3) is 13.9. The van der Waals surface area contributed by atoms with Crippen molar-refractivity contribution in [1.29, 1.82) is 0 Å². The Morgan fingerprint density at radius 1 is 1.27 bits per heavy atom. The summed E-state index contributed by atoms with van der Waals surface area (Å²) in [7, 11) is 2.38. The highest BCUT2D eigenvalue weighted by Gasteiger charge is 2.17. The van der Waals surface area contributed by atoms with Crippen molar-refractivity contribution in [3.63, 3.8) is 0 Å². The van der Waals surface area contributed by atoms with E-state index < -0.39 is 8.38 Å². The van der Waals surface area contributed by atoms with E-state index >= 15 is 0 Å². The number of rotatable bonds is 12. The van der Waals surface area contributed by atoms with Gasteiger partial charge in [0.15, 0.2) is 8.38 Å². The van der Waals surface area contributed by atoms with Crippen LogP contribution in [-0.4, -0.2) is 56.1 Å². The summed E-state index contributed by atoms with van der Waals surface area (Å²) in [5, 5.41) is 9.50. The molecule has 0 bridgehead atoms. The van der Waals surface area contributed by atoms with E-state index in [4.69, 9.17) is 18.5 Å². The molecule has 1 saturated carbocycles. The Labute approximate surface area is 202 Å². The molecule has 2 rings (SSSR count). The van der Waals surface area contributed by atoms with Crippen LogP contribution >= 0.6 is 8.38 Å². The van der Waals surface area contributed by atoms with Crippen molar-refractivity contribution in [3.05, 3.63) is 41.9 Å². The second-order valence-electron chi connectivity index (χ2n) is 7.66. The normalized spacial score (nSPS) is 18.2. The van der Waals surface area contributed by atoms with Gasteiger partial charge in [0.05, 0.1) is 25.9 Å². The first kappa shape index (κ1) is 31.8. The lowest BCUT2D eigenvalue weighted by atomic mass is 9.89. The van der Waals surface area contributed by atoms with Gasteiger partial charge >= 0.3 is 0 Å². The van der Waals surface area contributed by atoms with E-state index in [1.165, 1.54) is 38.8 Å². The lowest BCUT2D eigenvalue weighted by molar-refractivity contribution is 0.0542. The molecule has 0 spiro atoms. The lowest BCUT2D eigenvalue weighted by Gasteiger charge is -2.25.